The van der Waals surface area contributed by atoms with Gasteiger partial charge in [0, 0.05) is 18.2 Å². The molecule has 116 valence electrons. The molecule has 0 aromatic heterocycles. The standard InChI is InChI=1S/C13H16FN3O3.ClH/c1-8-5-9(14)6-11(12(8)17(19)20)13(18)16-10-3-2-4-15-7-10;/h5-6,10,15H,2-4,7H2,1H3,(H,16,18);1H/t10-;/m0./s1. The van der Waals surface area contributed by atoms with Crippen LogP contribution in [0.15, 0.2) is 12.1 Å². The van der Waals surface area contributed by atoms with E-state index >= 15 is 0 Å². The number of hydrogen-bond donors (Lipinski definition) is 2. The third-order valence-electron chi connectivity index (χ3n) is 3.32. The van der Waals surface area contributed by atoms with Gasteiger partial charge in [-0.3, -0.25) is 14.9 Å². The van der Waals surface area contributed by atoms with Gasteiger partial charge in [-0.25, -0.2) is 4.39 Å². The second kappa shape index (κ2) is 7.33. The zero-order chi connectivity index (χ0) is 14.7. The molecule has 0 bridgehead atoms. The summed E-state index contributed by atoms with van der Waals surface area (Å²) >= 11 is 0. The number of nitro groups is 1. The first-order chi connectivity index (χ1) is 9.49. The van der Waals surface area contributed by atoms with Crippen LogP contribution in [0.2, 0.25) is 0 Å². The van der Waals surface area contributed by atoms with Gasteiger partial charge < -0.3 is 10.6 Å². The van der Waals surface area contributed by atoms with Crippen LogP contribution in [0, 0.1) is 22.9 Å². The van der Waals surface area contributed by atoms with E-state index in [0.717, 1.165) is 31.5 Å². The van der Waals surface area contributed by atoms with E-state index in [9.17, 15) is 19.3 Å². The number of piperidine rings is 1. The van der Waals surface area contributed by atoms with E-state index < -0.39 is 16.6 Å². The van der Waals surface area contributed by atoms with Crippen molar-refractivity contribution in [3.05, 3.63) is 39.2 Å². The van der Waals surface area contributed by atoms with Crippen LogP contribution in [0.4, 0.5) is 10.1 Å². The van der Waals surface area contributed by atoms with Gasteiger partial charge in [-0.2, -0.15) is 0 Å². The number of rotatable bonds is 3. The molecule has 1 aromatic rings. The number of aryl methyl sites for hydroxylation is 1. The van der Waals surface area contributed by atoms with Crippen LogP contribution in [-0.4, -0.2) is 30.0 Å². The predicted molar refractivity (Wildman–Crippen MR) is 78.4 cm³/mol. The van der Waals surface area contributed by atoms with Crippen molar-refractivity contribution in [1.82, 2.24) is 10.6 Å². The number of carbonyl (C=O) groups is 1. The molecule has 21 heavy (non-hydrogen) atoms. The van der Waals surface area contributed by atoms with Crippen molar-refractivity contribution in [2.45, 2.75) is 25.8 Å². The number of nitrogens with one attached hydrogen (secondary N) is 2. The molecule has 0 spiro atoms. The van der Waals surface area contributed by atoms with Crippen molar-refractivity contribution in [2.75, 3.05) is 13.1 Å². The van der Waals surface area contributed by atoms with Gasteiger partial charge in [0.25, 0.3) is 11.6 Å². The zero-order valence-electron chi connectivity index (χ0n) is 11.5. The summed E-state index contributed by atoms with van der Waals surface area (Å²) in [4.78, 5) is 22.5. The summed E-state index contributed by atoms with van der Waals surface area (Å²) in [7, 11) is 0. The van der Waals surface area contributed by atoms with Crippen LogP contribution < -0.4 is 10.6 Å². The maximum Gasteiger partial charge on any atom is 0.285 e. The van der Waals surface area contributed by atoms with E-state index in [4.69, 9.17) is 0 Å². The number of hydrogen-bond acceptors (Lipinski definition) is 4. The summed E-state index contributed by atoms with van der Waals surface area (Å²) in [6.07, 6.45) is 1.73. The van der Waals surface area contributed by atoms with Crippen LogP contribution >= 0.6 is 12.4 Å². The number of nitrogens with zero attached hydrogens (tertiary/aromatic N) is 1. The van der Waals surface area contributed by atoms with Gasteiger partial charge in [0.05, 0.1) is 4.92 Å². The van der Waals surface area contributed by atoms with Gasteiger partial charge in [-0.05, 0) is 38.4 Å². The van der Waals surface area contributed by atoms with Crippen molar-refractivity contribution < 1.29 is 14.1 Å². The molecule has 0 aliphatic carbocycles. The SMILES string of the molecule is Cc1cc(F)cc(C(=O)N[C@H]2CCCNC2)c1[N+](=O)[O-].Cl. The average Bonchev–Trinajstić information content (AvgIpc) is 2.38. The van der Waals surface area contributed by atoms with E-state index in [1.165, 1.54) is 6.92 Å². The summed E-state index contributed by atoms with van der Waals surface area (Å²) in [6.45, 7) is 2.93. The fourth-order valence-corrected chi connectivity index (χ4v) is 2.39. The Kier molecular flexibility index (Phi) is 6.04. The molecule has 2 rings (SSSR count). The molecule has 1 fully saturated rings. The Balaban J connectivity index is 0.00000220. The Morgan fingerprint density at radius 1 is 1.52 bits per heavy atom. The van der Waals surface area contributed by atoms with E-state index in [1.54, 1.807) is 0 Å². The lowest BCUT2D eigenvalue weighted by atomic mass is 10.0. The molecule has 0 radical (unpaired) electrons. The quantitative estimate of drug-likeness (QED) is 0.659. The Morgan fingerprint density at radius 2 is 2.24 bits per heavy atom. The molecule has 1 saturated heterocycles. The van der Waals surface area contributed by atoms with Crippen molar-refractivity contribution in [1.29, 1.82) is 0 Å². The highest BCUT2D eigenvalue weighted by molar-refractivity contribution is 5.98. The van der Waals surface area contributed by atoms with Gasteiger partial charge in [0.15, 0.2) is 0 Å². The maximum atomic E-state index is 13.4. The first-order valence-electron chi connectivity index (χ1n) is 6.45. The summed E-state index contributed by atoms with van der Waals surface area (Å²) in [5, 5.41) is 16.9. The molecule has 1 heterocycles. The number of halogens is 2. The fourth-order valence-electron chi connectivity index (χ4n) is 2.39. The average molecular weight is 318 g/mol. The minimum absolute atomic E-state index is 0. The molecule has 0 unspecified atom stereocenters. The first-order valence-corrected chi connectivity index (χ1v) is 6.45. The second-order valence-corrected chi connectivity index (χ2v) is 4.89. The molecule has 0 saturated carbocycles. The van der Waals surface area contributed by atoms with Gasteiger partial charge in [0.1, 0.15) is 11.4 Å². The molecule has 6 nitrogen and oxygen atoms in total. The third-order valence-corrected chi connectivity index (χ3v) is 3.32. The van der Waals surface area contributed by atoms with Crippen LogP contribution in [-0.2, 0) is 0 Å². The molecule has 1 aliphatic rings. The van der Waals surface area contributed by atoms with E-state index in [1.807, 2.05) is 0 Å². The highest BCUT2D eigenvalue weighted by Gasteiger charge is 2.26. The normalized spacial score (nSPS) is 17.7. The largest absolute Gasteiger partial charge is 0.348 e. The number of amides is 1. The Morgan fingerprint density at radius 3 is 2.81 bits per heavy atom. The molecule has 1 amide bonds. The topological polar surface area (TPSA) is 84.3 Å². The van der Waals surface area contributed by atoms with Gasteiger partial charge in [0.2, 0.25) is 0 Å². The first kappa shape index (κ1) is 17.3. The zero-order valence-corrected chi connectivity index (χ0v) is 12.3. The summed E-state index contributed by atoms with van der Waals surface area (Å²) in [6, 6.07) is 1.88. The van der Waals surface area contributed by atoms with E-state index in [0.29, 0.717) is 6.54 Å². The van der Waals surface area contributed by atoms with E-state index in [-0.39, 0.29) is 35.3 Å². The lowest BCUT2D eigenvalue weighted by Gasteiger charge is -2.23. The number of carbonyl (C=O) groups excluding carboxylic acids is 1. The maximum absolute atomic E-state index is 13.4. The number of nitro benzene ring substituents is 1. The molecule has 1 aromatic carbocycles. The van der Waals surface area contributed by atoms with Crippen LogP contribution in [0.25, 0.3) is 0 Å². The predicted octanol–water partition coefficient (Wildman–Crippen LogP) is 1.95. The Bertz CT molecular complexity index is 548. The molecular weight excluding hydrogens is 301 g/mol. The summed E-state index contributed by atoms with van der Waals surface area (Å²) < 4.78 is 13.4. The van der Waals surface area contributed by atoms with Crippen molar-refractivity contribution in [3.8, 4) is 0 Å². The van der Waals surface area contributed by atoms with Crippen LogP contribution in [0.1, 0.15) is 28.8 Å². The molecule has 8 heteroatoms. The Hall–Kier alpha value is -1.73. The van der Waals surface area contributed by atoms with Gasteiger partial charge in [-0.15, -0.1) is 12.4 Å². The monoisotopic (exact) mass is 317 g/mol. The second-order valence-electron chi connectivity index (χ2n) is 4.89. The third kappa shape index (κ3) is 4.12. The van der Waals surface area contributed by atoms with Crippen LogP contribution in [0.5, 0.6) is 0 Å². The molecule has 1 atom stereocenters. The summed E-state index contributed by atoms with van der Waals surface area (Å²) in [5.41, 5.74) is -0.423. The van der Waals surface area contributed by atoms with Crippen molar-refractivity contribution in [3.63, 3.8) is 0 Å². The smallest absolute Gasteiger partial charge is 0.285 e. The minimum Gasteiger partial charge on any atom is -0.348 e. The lowest BCUT2D eigenvalue weighted by molar-refractivity contribution is -0.385. The summed E-state index contributed by atoms with van der Waals surface area (Å²) in [5.74, 6) is -1.26. The highest BCUT2D eigenvalue weighted by atomic mass is 35.5. The molecule has 1 aliphatic heterocycles. The van der Waals surface area contributed by atoms with Gasteiger partial charge in [-0.1, -0.05) is 0 Å². The van der Waals surface area contributed by atoms with E-state index in [2.05, 4.69) is 10.6 Å². The number of benzene rings is 1. The molecule has 2 N–H and O–H groups in total. The molecular formula is C13H17ClFN3O3. The highest BCUT2D eigenvalue weighted by Crippen LogP contribution is 2.25. The lowest BCUT2D eigenvalue weighted by Crippen LogP contribution is -2.45. The Labute approximate surface area is 127 Å². The van der Waals surface area contributed by atoms with Crippen molar-refractivity contribution >= 4 is 24.0 Å². The van der Waals surface area contributed by atoms with Gasteiger partial charge >= 0.3 is 0 Å². The van der Waals surface area contributed by atoms with Crippen molar-refractivity contribution in [2.24, 2.45) is 0 Å². The fraction of sp³-hybridized carbons (Fsp3) is 0.462. The van der Waals surface area contributed by atoms with Crippen LogP contribution in [0.3, 0.4) is 0 Å². The minimum atomic E-state index is -0.653.